The molecule has 0 spiro atoms. The van der Waals surface area contributed by atoms with Gasteiger partial charge < -0.3 is 0 Å². The smallest absolute Gasteiger partial charge is 0.159 e. The molecule has 1 aromatic heterocycles. The molecule has 0 amide bonds. The first-order valence-corrected chi connectivity index (χ1v) is 10.2. The molecule has 1 aliphatic carbocycles. The van der Waals surface area contributed by atoms with Crippen LogP contribution in [-0.4, -0.2) is 9.97 Å². The lowest BCUT2D eigenvalue weighted by Gasteiger charge is -2.28. The number of aromatic nitrogens is 2. The zero-order valence-corrected chi connectivity index (χ0v) is 15.9. The van der Waals surface area contributed by atoms with Crippen LogP contribution in [-0.2, 0) is 12.8 Å². The van der Waals surface area contributed by atoms with Crippen LogP contribution in [0.3, 0.4) is 0 Å². The van der Waals surface area contributed by atoms with Gasteiger partial charge in [0, 0.05) is 18.0 Å². The van der Waals surface area contributed by atoms with E-state index in [0.717, 1.165) is 29.6 Å². The standard InChI is InChI=1S/C23H32N2/c1-3-5-19-6-8-20(9-7-19)10-11-21-12-14-22(15-13-21)23-24-16-18(4-2)17-25-23/h12-17,19-20H,3-11H2,1-2H3/t19-,20-. The second kappa shape index (κ2) is 9.12. The zero-order chi connectivity index (χ0) is 17.5. The molecule has 0 aliphatic heterocycles. The topological polar surface area (TPSA) is 25.8 Å². The van der Waals surface area contributed by atoms with E-state index in [1.165, 1.54) is 62.5 Å². The molecule has 0 bridgehead atoms. The molecule has 2 aromatic rings. The maximum absolute atomic E-state index is 4.48. The summed E-state index contributed by atoms with van der Waals surface area (Å²) in [4.78, 5) is 8.96. The first-order valence-electron chi connectivity index (χ1n) is 10.2. The second-order valence-corrected chi connectivity index (χ2v) is 7.68. The van der Waals surface area contributed by atoms with Crippen LogP contribution in [0.2, 0.25) is 0 Å². The lowest BCUT2D eigenvalue weighted by molar-refractivity contribution is 0.252. The van der Waals surface area contributed by atoms with Crippen LogP contribution < -0.4 is 0 Å². The second-order valence-electron chi connectivity index (χ2n) is 7.68. The molecule has 1 heterocycles. The molecule has 0 unspecified atom stereocenters. The summed E-state index contributed by atoms with van der Waals surface area (Å²) >= 11 is 0. The predicted molar refractivity (Wildman–Crippen MR) is 106 cm³/mol. The van der Waals surface area contributed by atoms with Gasteiger partial charge in [-0.2, -0.15) is 0 Å². The number of rotatable bonds is 7. The Bertz CT molecular complexity index is 622. The summed E-state index contributed by atoms with van der Waals surface area (Å²) in [6, 6.07) is 8.87. The molecule has 0 atom stereocenters. The van der Waals surface area contributed by atoms with Gasteiger partial charge in [0.1, 0.15) is 0 Å². The van der Waals surface area contributed by atoms with Crippen molar-refractivity contribution in [2.45, 2.75) is 71.6 Å². The number of hydrogen-bond acceptors (Lipinski definition) is 2. The van der Waals surface area contributed by atoms with Gasteiger partial charge in [0.2, 0.25) is 0 Å². The van der Waals surface area contributed by atoms with Gasteiger partial charge >= 0.3 is 0 Å². The average Bonchev–Trinajstić information content (AvgIpc) is 2.68. The van der Waals surface area contributed by atoms with Gasteiger partial charge in [-0.25, -0.2) is 9.97 Å². The SMILES string of the molecule is CCC[C@H]1CC[C@H](CCc2ccc(-c3ncc(CC)cn3)cc2)CC1. The van der Waals surface area contributed by atoms with Gasteiger partial charge in [-0.15, -0.1) is 0 Å². The highest BCUT2D eigenvalue weighted by Gasteiger charge is 2.20. The van der Waals surface area contributed by atoms with Crippen molar-refractivity contribution in [3.63, 3.8) is 0 Å². The Morgan fingerprint density at radius 2 is 1.40 bits per heavy atom. The minimum absolute atomic E-state index is 0.831. The van der Waals surface area contributed by atoms with Crippen molar-refractivity contribution in [3.8, 4) is 11.4 Å². The molecule has 1 aromatic carbocycles. The van der Waals surface area contributed by atoms with Crippen LogP contribution in [0.25, 0.3) is 11.4 Å². The lowest BCUT2D eigenvalue weighted by Crippen LogP contribution is -2.15. The maximum Gasteiger partial charge on any atom is 0.159 e. The third kappa shape index (κ3) is 5.14. The summed E-state index contributed by atoms with van der Waals surface area (Å²) in [5.74, 6) is 2.79. The van der Waals surface area contributed by atoms with E-state index >= 15 is 0 Å². The van der Waals surface area contributed by atoms with Crippen molar-refractivity contribution in [2.75, 3.05) is 0 Å². The lowest BCUT2D eigenvalue weighted by atomic mass is 9.78. The van der Waals surface area contributed by atoms with Gasteiger partial charge in [0.25, 0.3) is 0 Å². The van der Waals surface area contributed by atoms with Crippen LogP contribution in [0.5, 0.6) is 0 Å². The van der Waals surface area contributed by atoms with Crippen molar-refractivity contribution < 1.29 is 0 Å². The van der Waals surface area contributed by atoms with Crippen molar-refractivity contribution in [2.24, 2.45) is 11.8 Å². The average molecular weight is 337 g/mol. The molecule has 2 heteroatoms. The number of nitrogens with zero attached hydrogens (tertiary/aromatic N) is 2. The molecule has 3 rings (SSSR count). The van der Waals surface area contributed by atoms with E-state index in [0.29, 0.717) is 0 Å². The van der Waals surface area contributed by atoms with Crippen molar-refractivity contribution in [3.05, 3.63) is 47.8 Å². The predicted octanol–water partition coefficient (Wildman–Crippen LogP) is 6.25. The number of benzene rings is 1. The van der Waals surface area contributed by atoms with Gasteiger partial charge in [-0.05, 0) is 42.2 Å². The molecule has 0 saturated heterocycles. The fraction of sp³-hybridized carbons (Fsp3) is 0.565. The zero-order valence-electron chi connectivity index (χ0n) is 15.9. The largest absolute Gasteiger partial charge is 0.236 e. The summed E-state index contributed by atoms with van der Waals surface area (Å²) in [5.41, 5.74) is 3.75. The first-order chi connectivity index (χ1) is 12.3. The third-order valence-electron chi connectivity index (χ3n) is 5.83. The van der Waals surface area contributed by atoms with E-state index < -0.39 is 0 Å². The number of aryl methyl sites for hydroxylation is 2. The Hall–Kier alpha value is -1.70. The maximum atomic E-state index is 4.48. The molecular formula is C23H32N2. The van der Waals surface area contributed by atoms with E-state index in [2.05, 4.69) is 48.1 Å². The molecule has 1 fully saturated rings. The monoisotopic (exact) mass is 336 g/mol. The van der Waals surface area contributed by atoms with Crippen molar-refractivity contribution in [1.29, 1.82) is 0 Å². The molecule has 1 aliphatic rings. The molecule has 2 nitrogen and oxygen atoms in total. The molecule has 0 radical (unpaired) electrons. The molecule has 134 valence electrons. The highest BCUT2D eigenvalue weighted by molar-refractivity contribution is 5.55. The van der Waals surface area contributed by atoms with Crippen LogP contribution >= 0.6 is 0 Å². The van der Waals surface area contributed by atoms with Gasteiger partial charge in [-0.1, -0.05) is 76.6 Å². The summed E-state index contributed by atoms with van der Waals surface area (Å²) in [7, 11) is 0. The van der Waals surface area contributed by atoms with Gasteiger partial charge in [-0.3, -0.25) is 0 Å². The molecule has 0 N–H and O–H groups in total. The minimum Gasteiger partial charge on any atom is -0.236 e. The van der Waals surface area contributed by atoms with E-state index in [4.69, 9.17) is 0 Å². The van der Waals surface area contributed by atoms with Gasteiger partial charge in [0.05, 0.1) is 0 Å². The molecule has 25 heavy (non-hydrogen) atoms. The van der Waals surface area contributed by atoms with Gasteiger partial charge in [0.15, 0.2) is 5.82 Å². The summed E-state index contributed by atoms with van der Waals surface area (Å²) in [6.07, 6.45) is 16.0. The van der Waals surface area contributed by atoms with Crippen LogP contribution in [0.4, 0.5) is 0 Å². The highest BCUT2D eigenvalue weighted by atomic mass is 14.9. The van der Waals surface area contributed by atoms with Crippen LogP contribution in [0.1, 0.15) is 69.9 Å². The Balaban J connectivity index is 1.49. The fourth-order valence-corrected chi connectivity index (χ4v) is 4.09. The Morgan fingerprint density at radius 1 is 0.800 bits per heavy atom. The minimum atomic E-state index is 0.831. The summed E-state index contributed by atoms with van der Waals surface area (Å²) in [5, 5.41) is 0. The Kier molecular flexibility index (Phi) is 6.61. The summed E-state index contributed by atoms with van der Waals surface area (Å²) in [6.45, 7) is 4.45. The quantitative estimate of drug-likeness (QED) is 0.597. The van der Waals surface area contributed by atoms with E-state index in [-0.39, 0.29) is 0 Å². The van der Waals surface area contributed by atoms with E-state index in [1.807, 2.05) is 12.4 Å². The van der Waals surface area contributed by atoms with E-state index in [9.17, 15) is 0 Å². The number of hydrogen-bond donors (Lipinski definition) is 0. The van der Waals surface area contributed by atoms with Crippen LogP contribution in [0.15, 0.2) is 36.7 Å². The van der Waals surface area contributed by atoms with E-state index in [1.54, 1.807) is 0 Å². The Labute approximate surface area is 153 Å². The normalized spacial score (nSPS) is 20.6. The molecular weight excluding hydrogens is 304 g/mol. The molecule has 1 saturated carbocycles. The highest BCUT2D eigenvalue weighted by Crippen LogP contribution is 2.33. The third-order valence-corrected chi connectivity index (χ3v) is 5.83. The van der Waals surface area contributed by atoms with Crippen LogP contribution in [0, 0.1) is 11.8 Å². The first kappa shape index (κ1) is 18.1. The van der Waals surface area contributed by atoms with Crippen molar-refractivity contribution >= 4 is 0 Å². The Morgan fingerprint density at radius 3 is 1.96 bits per heavy atom. The van der Waals surface area contributed by atoms with Crippen molar-refractivity contribution in [1.82, 2.24) is 9.97 Å². The fourth-order valence-electron chi connectivity index (χ4n) is 4.09. The summed E-state index contributed by atoms with van der Waals surface area (Å²) < 4.78 is 0.